The van der Waals surface area contributed by atoms with Crippen LogP contribution in [0.2, 0.25) is 0 Å². The van der Waals surface area contributed by atoms with Gasteiger partial charge in [0.15, 0.2) is 11.6 Å². The molecular weight excluding hydrogens is 524 g/mol. The van der Waals surface area contributed by atoms with Gasteiger partial charge < -0.3 is 0 Å². The van der Waals surface area contributed by atoms with Gasteiger partial charge in [0.05, 0.1) is 5.57 Å². The van der Waals surface area contributed by atoms with E-state index < -0.39 is 10.8 Å². The predicted molar refractivity (Wildman–Crippen MR) is 165 cm³/mol. The molecule has 4 nitrogen and oxygen atoms in total. The fraction of sp³-hybridized carbons (Fsp3) is 0.639. The van der Waals surface area contributed by atoms with E-state index in [0.29, 0.717) is 0 Å². The summed E-state index contributed by atoms with van der Waals surface area (Å²) in [5.74, 6) is 0.496. The lowest BCUT2D eigenvalue weighted by Gasteiger charge is -2.69. The first kappa shape index (κ1) is 28.9. The van der Waals surface area contributed by atoms with E-state index in [9.17, 15) is 14.9 Å². The van der Waals surface area contributed by atoms with Gasteiger partial charge in [-0.05, 0) is 103 Å². The minimum atomic E-state index is -0.634. The van der Waals surface area contributed by atoms with Crippen LogP contribution in [0.25, 0.3) is 0 Å². The van der Waals surface area contributed by atoms with Crippen molar-refractivity contribution < 1.29 is 9.59 Å². The summed E-state index contributed by atoms with van der Waals surface area (Å²) < 4.78 is 3.99. The standard InChI is InChI=1S/C36H46N2O2S/c1-31(2)15-17-36(38-41-24-11-9-8-10-12-24)18-16-35(7)29(25(36)21-31)26(39)19-28-33(5)20-23(22-37)30(40)32(3,4)27(33)13-14-34(28,35)6/h8-12,19-20,25,27,29,38H,13-18,21H2,1-7H3. The van der Waals surface area contributed by atoms with Crippen LogP contribution in [0.3, 0.4) is 0 Å². The molecule has 5 aliphatic rings. The van der Waals surface area contributed by atoms with Gasteiger partial charge in [0, 0.05) is 27.2 Å². The number of nitriles is 1. The van der Waals surface area contributed by atoms with Crippen LogP contribution in [0.1, 0.15) is 93.4 Å². The second-order valence-corrected chi connectivity index (χ2v) is 16.8. The first-order chi connectivity index (χ1) is 19.1. The third kappa shape index (κ3) is 3.96. The zero-order chi connectivity index (χ0) is 29.6. The minimum Gasteiger partial charge on any atom is -0.295 e. The van der Waals surface area contributed by atoms with Crippen molar-refractivity contribution >= 4 is 23.5 Å². The average molecular weight is 571 g/mol. The number of nitrogens with one attached hydrogen (secondary N) is 1. The molecule has 7 atom stereocenters. The lowest BCUT2D eigenvalue weighted by atomic mass is 9.35. The van der Waals surface area contributed by atoms with E-state index in [4.69, 9.17) is 0 Å². The molecule has 7 unspecified atom stereocenters. The van der Waals surface area contributed by atoms with E-state index in [0.717, 1.165) is 44.9 Å². The second kappa shape index (κ2) is 9.17. The lowest BCUT2D eigenvalue weighted by molar-refractivity contribution is -0.159. The van der Waals surface area contributed by atoms with E-state index >= 15 is 0 Å². The van der Waals surface area contributed by atoms with Crippen molar-refractivity contribution in [2.45, 2.75) is 104 Å². The number of rotatable bonds is 3. The zero-order valence-corrected chi connectivity index (χ0v) is 26.7. The molecule has 0 aromatic heterocycles. The molecule has 3 fully saturated rings. The van der Waals surface area contributed by atoms with Crippen LogP contribution in [0, 0.1) is 56.2 Å². The van der Waals surface area contributed by atoms with E-state index in [1.165, 1.54) is 10.5 Å². The molecule has 1 N–H and O–H groups in total. The number of Topliss-reactive ketones (excluding diaryl/α,β-unsaturated/α-hetero) is 1. The Hall–Kier alpha value is -2.16. The first-order valence-corrected chi connectivity index (χ1v) is 16.4. The highest BCUT2D eigenvalue weighted by molar-refractivity contribution is 7.97. The molecule has 3 saturated carbocycles. The third-order valence-electron chi connectivity index (χ3n) is 13.0. The van der Waals surface area contributed by atoms with E-state index in [1.54, 1.807) is 11.9 Å². The molecule has 1 aromatic rings. The molecule has 0 amide bonds. The van der Waals surface area contributed by atoms with Crippen LogP contribution in [0.15, 0.2) is 58.5 Å². The Morgan fingerprint density at radius 1 is 0.927 bits per heavy atom. The second-order valence-electron chi connectivity index (χ2n) is 15.9. The van der Waals surface area contributed by atoms with E-state index in [2.05, 4.69) is 75.7 Å². The van der Waals surface area contributed by atoms with Gasteiger partial charge in [-0.2, -0.15) is 5.26 Å². The maximum absolute atomic E-state index is 14.6. The minimum absolute atomic E-state index is 0.0493. The molecule has 0 bridgehead atoms. The normalized spacial score (nSPS) is 42.4. The summed E-state index contributed by atoms with van der Waals surface area (Å²) in [7, 11) is 0. The Morgan fingerprint density at radius 3 is 2.29 bits per heavy atom. The Balaban J connectivity index is 1.46. The number of benzene rings is 1. The Bertz CT molecular complexity index is 1400. The summed E-state index contributed by atoms with van der Waals surface area (Å²) in [5, 5.41) is 9.95. The molecule has 5 aliphatic carbocycles. The summed E-state index contributed by atoms with van der Waals surface area (Å²) in [4.78, 5) is 29.2. The van der Waals surface area contributed by atoms with E-state index in [-0.39, 0.29) is 56.7 Å². The van der Waals surface area contributed by atoms with E-state index in [1.807, 2.05) is 26.0 Å². The molecule has 5 heteroatoms. The van der Waals surface area contributed by atoms with Crippen LogP contribution in [0.4, 0.5) is 0 Å². The number of hydrogen-bond donors (Lipinski definition) is 1. The summed E-state index contributed by atoms with van der Waals surface area (Å²) in [5.41, 5.74) is 0.0703. The van der Waals surface area contributed by atoms with Crippen LogP contribution in [-0.4, -0.2) is 17.1 Å². The van der Waals surface area contributed by atoms with Gasteiger partial charge >= 0.3 is 0 Å². The SMILES string of the molecule is CC1(C)CCC2(NSc3ccccc3)CCC3(C)C(C(=O)C=C4C5(C)C=C(C#N)C(=O)C(C)(C)C5CCC43C)C2C1. The molecular formula is C36H46N2O2S. The molecule has 0 saturated heterocycles. The number of fused-ring (bicyclic) bond motifs is 7. The van der Waals surface area contributed by atoms with Crippen molar-refractivity contribution in [1.82, 2.24) is 4.72 Å². The van der Waals surface area contributed by atoms with Gasteiger partial charge in [0.2, 0.25) is 0 Å². The highest BCUT2D eigenvalue weighted by Crippen LogP contribution is 2.73. The molecule has 218 valence electrons. The van der Waals surface area contributed by atoms with Gasteiger partial charge in [0.25, 0.3) is 0 Å². The number of hydrogen-bond acceptors (Lipinski definition) is 5. The smallest absolute Gasteiger partial charge is 0.178 e. The average Bonchev–Trinajstić information content (AvgIpc) is 2.92. The monoisotopic (exact) mass is 570 g/mol. The van der Waals surface area contributed by atoms with Crippen LogP contribution in [-0.2, 0) is 9.59 Å². The third-order valence-corrected chi connectivity index (χ3v) is 14.0. The number of ketones is 2. The summed E-state index contributed by atoms with van der Waals surface area (Å²) >= 11 is 1.73. The predicted octanol–water partition coefficient (Wildman–Crippen LogP) is 8.26. The van der Waals surface area contributed by atoms with Crippen LogP contribution in [0.5, 0.6) is 0 Å². The van der Waals surface area contributed by atoms with Gasteiger partial charge in [-0.25, -0.2) is 0 Å². The topological polar surface area (TPSA) is 70.0 Å². The van der Waals surface area contributed by atoms with Crippen molar-refractivity contribution in [3.8, 4) is 6.07 Å². The largest absolute Gasteiger partial charge is 0.295 e. The van der Waals surface area contributed by atoms with Crippen LogP contribution >= 0.6 is 11.9 Å². The van der Waals surface area contributed by atoms with Gasteiger partial charge in [-0.15, -0.1) is 0 Å². The van der Waals surface area contributed by atoms with Gasteiger partial charge in [-0.3, -0.25) is 14.3 Å². The van der Waals surface area contributed by atoms with Gasteiger partial charge in [0.1, 0.15) is 6.07 Å². The fourth-order valence-electron chi connectivity index (χ4n) is 10.5. The highest BCUT2D eigenvalue weighted by atomic mass is 32.2. The molecule has 0 spiro atoms. The Labute approximate surface area is 250 Å². The van der Waals surface area contributed by atoms with Crippen molar-refractivity contribution in [3.05, 3.63) is 53.6 Å². The van der Waals surface area contributed by atoms with Crippen molar-refractivity contribution in [2.75, 3.05) is 0 Å². The summed E-state index contributed by atoms with van der Waals surface area (Å²) in [6, 6.07) is 12.8. The zero-order valence-electron chi connectivity index (χ0n) is 25.9. The number of allylic oxidation sites excluding steroid dienone is 4. The maximum atomic E-state index is 14.6. The molecule has 0 aliphatic heterocycles. The molecule has 41 heavy (non-hydrogen) atoms. The van der Waals surface area contributed by atoms with Crippen molar-refractivity contribution in [3.63, 3.8) is 0 Å². The highest BCUT2D eigenvalue weighted by Gasteiger charge is 2.69. The molecule has 0 heterocycles. The lowest BCUT2D eigenvalue weighted by Crippen LogP contribution is -2.68. The van der Waals surface area contributed by atoms with Crippen molar-refractivity contribution in [1.29, 1.82) is 5.26 Å². The van der Waals surface area contributed by atoms with Crippen molar-refractivity contribution in [2.24, 2.45) is 44.8 Å². The van der Waals surface area contributed by atoms with Gasteiger partial charge in [-0.1, -0.05) is 78.3 Å². The summed E-state index contributed by atoms with van der Waals surface area (Å²) in [6.45, 7) is 15.8. The molecule has 0 radical (unpaired) electrons. The Kier molecular flexibility index (Phi) is 6.47. The maximum Gasteiger partial charge on any atom is 0.178 e. The quantitative estimate of drug-likeness (QED) is 0.371. The fourth-order valence-corrected chi connectivity index (χ4v) is 11.4. The summed E-state index contributed by atoms with van der Waals surface area (Å²) in [6.07, 6.45) is 11.2. The molecule has 1 aromatic carbocycles. The number of carbonyl (C=O) groups excluding carboxylic acids is 2. The number of nitrogens with zero attached hydrogens (tertiary/aromatic N) is 1. The molecule has 6 rings (SSSR count). The van der Waals surface area contributed by atoms with Crippen LogP contribution < -0.4 is 4.72 Å². The number of carbonyl (C=O) groups is 2. The Morgan fingerprint density at radius 2 is 1.61 bits per heavy atom. The first-order valence-electron chi connectivity index (χ1n) is 15.6.